The van der Waals surface area contributed by atoms with Crippen molar-refractivity contribution < 1.29 is 4.92 Å². The Hall–Kier alpha value is -1.13. The molecule has 0 amide bonds. The van der Waals surface area contributed by atoms with Crippen LogP contribution in [0.15, 0.2) is 18.2 Å². The summed E-state index contributed by atoms with van der Waals surface area (Å²) in [6.45, 7) is 1.92. The van der Waals surface area contributed by atoms with Crippen molar-refractivity contribution >= 4 is 17.3 Å². The SMILES string of the molecule is C[C@H](N)CCc1ccc([N+](=O)[O-])c(Cl)c1. The lowest BCUT2D eigenvalue weighted by molar-refractivity contribution is -0.384. The molecule has 5 heteroatoms. The zero-order chi connectivity index (χ0) is 11.4. The zero-order valence-electron chi connectivity index (χ0n) is 8.44. The summed E-state index contributed by atoms with van der Waals surface area (Å²) in [6, 6.07) is 4.90. The maximum atomic E-state index is 10.5. The van der Waals surface area contributed by atoms with E-state index < -0.39 is 4.92 Å². The van der Waals surface area contributed by atoms with Gasteiger partial charge in [-0.15, -0.1) is 0 Å². The number of nitrogens with two attached hydrogens (primary N) is 1. The van der Waals surface area contributed by atoms with E-state index in [0.29, 0.717) is 0 Å². The van der Waals surface area contributed by atoms with Crippen molar-refractivity contribution in [3.05, 3.63) is 38.9 Å². The van der Waals surface area contributed by atoms with Crippen LogP contribution < -0.4 is 5.73 Å². The molecule has 0 spiro atoms. The summed E-state index contributed by atoms with van der Waals surface area (Å²) in [5.74, 6) is 0. The molecule has 0 saturated carbocycles. The summed E-state index contributed by atoms with van der Waals surface area (Å²) >= 11 is 5.77. The Morgan fingerprint density at radius 2 is 2.27 bits per heavy atom. The Morgan fingerprint density at radius 3 is 2.73 bits per heavy atom. The molecule has 0 aliphatic carbocycles. The van der Waals surface area contributed by atoms with E-state index in [9.17, 15) is 10.1 Å². The molecule has 1 atom stereocenters. The van der Waals surface area contributed by atoms with Crippen LogP contribution in [-0.2, 0) is 6.42 Å². The monoisotopic (exact) mass is 228 g/mol. The summed E-state index contributed by atoms with van der Waals surface area (Å²) < 4.78 is 0. The van der Waals surface area contributed by atoms with Crippen molar-refractivity contribution in [3.63, 3.8) is 0 Å². The first-order valence-electron chi connectivity index (χ1n) is 4.69. The number of nitro benzene ring substituents is 1. The lowest BCUT2D eigenvalue weighted by atomic mass is 10.1. The first kappa shape index (κ1) is 11.9. The van der Waals surface area contributed by atoms with Gasteiger partial charge in [0.1, 0.15) is 5.02 Å². The highest BCUT2D eigenvalue weighted by molar-refractivity contribution is 6.32. The Kier molecular flexibility index (Phi) is 4.05. The van der Waals surface area contributed by atoms with Gasteiger partial charge in [-0.2, -0.15) is 0 Å². The molecule has 1 rings (SSSR count). The van der Waals surface area contributed by atoms with E-state index in [1.165, 1.54) is 6.07 Å². The Balaban J connectivity index is 2.78. The maximum absolute atomic E-state index is 10.5. The van der Waals surface area contributed by atoms with E-state index in [1.807, 2.05) is 6.92 Å². The smallest absolute Gasteiger partial charge is 0.287 e. The van der Waals surface area contributed by atoms with Crippen molar-refractivity contribution in [3.8, 4) is 0 Å². The third kappa shape index (κ3) is 3.49. The maximum Gasteiger partial charge on any atom is 0.287 e. The van der Waals surface area contributed by atoms with E-state index in [4.69, 9.17) is 17.3 Å². The molecule has 0 aliphatic rings. The number of nitro groups is 1. The quantitative estimate of drug-likeness (QED) is 0.636. The standard InChI is InChI=1S/C10H13ClN2O2/c1-7(12)2-3-8-4-5-10(13(14)15)9(11)6-8/h4-7H,2-3,12H2,1H3/t7-/m0/s1. The lowest BCUT2D eigenvalue weighted by Crippen LogP contribution is -2.15. The van der Waals surface area contributed by atoms with Gasteiger partial charge in [-0.05, 0) is 31.4 Å². The van der Waals surface area contributed by atoms with Gasteiger partial charge in [0, 0.05) is 12.1 Å². The fourth-order valence-corrected chi connectivity index (χ4v) is 1.52. The second kappa shape index (κ2) is 5.09. The lowest BCUT2D eigenvalue weighted by Gasteiger charge is -2.05. The van der Waals surface area contributed by atoms with Crippen LogP contribution in [0.3, 0.4) is 0 Å². The molecule has 1 aromatic rings. The number of rotatable bonds is 4. The first-order valence-corrected chi connectivity index (χ1v) is 5.07. The van der Waals surface area contributed by atoms with Crippen LogP contribution in [0.2, 0.25) is 5.02 Å². The van der Waals surface area contributed by atoms with Gasteiger partial charge in [-0.25, -0.2) is 0 Å². The van der Waals surface area contributed by atoms with Crippen LogP contribution in [0.25, 0.3) is 0 Å². The van der Waals surface area contributed by atoms with Crippen LogP contribution in [0.5, 0.6) is 0 Å². The van der Waals surface area contributed by atoms with E-state index in [1.54, 1.807) is 12.1 Å². The van der Waals surface area contributed by atoms with E-state index in [-0.39, 0.29) is 16.8 Å². The number of nitrogens with zero attached hydrogens (tertiary/aromatic N) is 1. The zero-order valence-corrected chi connectivity index (χ0v) is 9.20. The van der Waals surface area contributed by atoms with Crippen LogP contribution >= 0.6 is 11.6 Å². The van der Waals surface area contributed by atoms with Gasteiger partial charge in [-0.1, -0.05) is 17.7 Å². The molecule has 1 aromatic carbocycles. The second-order valence-corrected chi connectivity index (χ2v) is 3.97. The van der Waals surface area contributed by atoms with Gasteiger partial charge in [0.25, 0.3) is 5.69 Å². The molecular formula is C10H13ClN2O2. The third-order valence-electron chi connectivity index (χ3n) is 2.10. The van der Waals surface area contributed by atoms with Crippen LogP contribution in [0, 0.1) is 10.1 Å². The Bertz CT molecular complexity index is 366. The molecule has 0 bridgehead atoms. The second-order valence-electron chi connectivity index (χ2n) is 3.56. The average Bonchev–Trinajstić information content (AvgIpc) is 2.14. The molecule has 0 saturated heterocycles. The van der Waals surface area contributed by atoms with Gasteiger partial charge < -0.3 is 5.73 Å². The third-order valence-corrected chi connectivity index (χ3v) is 2.40. The Labute approximate surface area is 93.2 Å². The molecule has 0 aromatic heterocycles. The molecule has 0 aliphatic heterocycles. The summed E-state index contributed by atoms with van der Waals surface area (Å²) in [6.07, 6.45) is 1.63. The molecule has 2 N–H and O–H groups in total. The van der Waals surface area contributed by atoms with Crippen molar-refractivity contribution in [2.24, 2.45) is 5.73 Å². The highest BCUT2D eigenvalue weighted by Gasteiger charge is 2.11. The molecule has 15 heavy (non-hydrogen) atoms. The molecule has 0 fully saturated rings. The molecule has 0 radical (unpaired) electrons. The predicted octanol–water partition coefficient (Wildman–Crippen LogP) is 2.53. The summed E-state index contributed by atoms with van der Waals surface area (Å²) in [5, 5.41) is 10.7. The Morgan fingerprint density at radius 1 is 1.60 bits per heavy atom. The number of halogens is 1. The molecular weight excluding hydrogens is 216 g/mol. The van der Waals surface area contributed by atoms with E-state index in [0.717, 1.165) is 18.4 Å². The van der Waals surface area contributed by atoms with Crippen molar-refractivity contribution in [1.29, 1.82) is 0 Å². The minimum atomic E-state index is -0.488. The van der Waals surface area contributed by atoms with Gasteiger partial charge in [0.15, 0.2) is 0 Å². The number of hydrogen-bond acceptors (Lipinski definition) is 3. The van der Waals surface area contributed by atoms with E-state index >= 15 is 0 Å². The highest BCUT2D eigenvalue weighted by atomic mass is 35.5. The molecule has 0 unspecified atom stereocenters. The normalized spacial score (nSPS) is 12.5. The number of benzene rings is 1. The van der Waals surface area contributed by atoms with Crippen LogP contribution in [0.4, 0.5) is 5.69 Å². The molecule has 0 heterocycles. The molecule has 82 valence electrons. The van der Waals surface area contributed by atoms with Gasteiger partial charge in [0.2, 0.25) is 0 Å². The number of hydrogen-bond donors (Lipinski definition) is 1. The summed E-state index contributed by atoms with van der Waals surface area (Å²) in [4.78, 5) is 10.0. The van der Waals surface area contributed by atoms with Crippen LogP contribution in [0.1, 0.15) is 18.9 Å². The van der Waals surface area contributed by atoms with Gasteiger partial charge >= 0.3 is 0 Å². The topological polar surface area (TPSA) is 69.2 Å². The molecule has 4 nitrogen and oxygen atoms in total. The number of aryl methyl sites for hydroxylation is 1. The van der Waals surface area contributed by atoms with Gasteiger partial charge in [0.05, 0.1) is 4.92 Å². The van der Waals surface area contributed by atoms with E-state index in [2.05, 4.69) is 0 Å². The predicted molar refractivity (Wildman–Crippen MR) is 60.1 cm³/mol. The van der Waals surface area contributed by atoms with Crippen molar-refractivity contribution in [2.45, 2.75) is 25.8 Å². The van der Waals surface area contributed by atoms with Crippen LogP contribution in [-0.4, -0.2) is 11.0 Å². The fourth-order valence-electron chi connectivity index (χ4n) is 1.25. The van der Waals surface area contributed by atoms with Crippen molar-refractivity contribution in [1.82, 2.24) is 0 Å². The first-order chi connectivity index (χ1) is 7.00. The minimum Gasteiger partial charge on any atom is -0.328 e. The highest BCUT2D eigenvalue weighted by Crippen LogP contribution is 2.25. The largest absolute Gasteiger partial charge is 0.328 e. The van der Waals surface area contributed by atoms with Crippen molar-refractivity contribution in [2.75, 3.05) is 0 Å². The average molecular weight is 229 g/mol. The summed E-state index contributed by atoms with van der Waals surface area (Å²) in [7, 11) is 0. The fraction of sp³-hybridized carbons (Fsp3) is 0.400. The summed E-state index contributed by atoms with van der Waals surface area (Å²) in [5.41, 5.74) is 6.54. The minimum absolute atomic E-state index is 0.0544. The van der Waals surface area contributed by atoms with Gasteiger partial charge in [-0.3, -0.25) is 10.1 Å².